The Labute approximate surface area is 144 Å². The summed E-state index contributed by atoms with van der Waals surface area (Å²) in [7, 11) is 1.40. The second-order valence-electron chi connectivity index (χ2n) is 4.34. The van der Waals surface area contributed by atoms with E-state index in [0.29, 0.717) is 11.3 Å². The van der Waals surface area contributed by atoms with Crippen molar-refractivity contribution in [2.75, 3.05) is 12.4 Å². The zero-order chi connectivity index (χ0) is 16.1. The first-order valence-electron chi connectivity index (χ1n) is 6.27. The van der Waals surface area contributed by atoms with E-state index in [4.69, 9.17) is 4.74 Å². The molecule has 1 N–H and O–H groups in total. The second-order valence-corrected chi connectivity index (χ2v) is 6.11. The molecule has 0 aliphatic heterocycles. The highest BCUT2D eigenvalue weighted by molar-refractivity contribution is 9.11. The summed E-state index contributed by atoms with van der Waals surface area (Å²) >= 11 is 6.70. The highest BCUT2D eigenvalue weighted by atomic mass is 79.9. The predicted molar refractivity (Wildman–Crippen MR) is 92.5 cm³/mol. The lowest BCUT2D eigenvalue weighted by atomic mass is 10.2. The fraction of sp³-hybridized carbons (Fsp3) is 0.0625. The molecule has 0 radical (unpaired) electrons. The van der Waals surface area contributed by atoms with Crippen LogP contribution in [-0.4, -0.2) is 13.0 Å². The molecular formula is C16H12Br2FNO2. The molecule has 0 spiro atoms. The number of ether oxygens (including phenoxy) is 1. The van der Waals surface area contributed by atoms with Gasteiger partial charge < -0.3 is 10.1 Å². The van der Waals surface area contributed by atoms with Crippen LogP contribution < -0.4 is 10.1 Å². The lowest BCUT2D eigenvalue weighted by molar-refractivity contribution is -0.111. The van der Waals surface area contributed by atoms with Crippen LogP contribution in [0.15, 0.2) is 51.4 Å². The summed E-state index contributed by atoms with van der Waals surface area (Å²) in [6.07, 6.45) is 2.88. The van der Waals surface area contributed by atoms with E-state index in [0.717, 1.165) is 8.95 Å². The van der Waals surface area contributed by atoms with Gasteiger partial charge in [-0.2, -0.15) is 0 Å². The van der Waals surface area contributed by atoms with Gasteiger partial charge in [0.2, 0.25) is 5.91 Å². The van der Waals surface area contributed by atoms with Gasteiger partial charge in [0.05, 0.1) is 12.8 Å². The summed E-state index contributed by atoms with van der Waals surface area (Å²) in [5.74, 6) is -0.611. The number of anilines is 1. The van der Waals surface area contributed by atoms with Gasteiger partial charge >= 0.3 is 0 Å². The molecule has 1 amide bonds. The van der Waals surface area contributed by atoms with Gasteiger partial charge in [-0.15, -0.1) is 0 Å². The molecule has 0 heterocycles. The molecular weight excluding hydrogens is 417 g/mol. The van der Waals surface area contributed by atoms with Gasteiger partial charge in [0.15, 0.2) is 11.6 Å². The number of hydrogen-bond acceptors (Lipinski definition) is 2. The highest BCUT2D eigenvalue weighted by Gasteiger charge is 2.04. The topological polar surface area (TPSA) is 38.3 Å². The Morgan fingerprint density at radius 1 is 1.23 bits per heavy atom. The van der Waals surface area contributed by atoms with Gasteiger partial charge in [-0.05, 0) is 57.9 Å². The molecule has 2 rings (SSSR count). The van der Waals surface area contributed by atoms with Crippen molar-refractivity contribution < 1.29 is 13.9 Å². The first-order valence-corrected chi connectivity index (χ1v) is 7.86. The van der Waals surface area contributed by atoms with Gasteiger partial charge in [0.25, 0.3) is 0 Å². The van der Waals surface area contributed by atoms with E-state index in [1.807, 2.05) is 12.1 Å². The van der Waals surface area contributed by atoms with Crippen molar-refractivity contribution in [3.63, 3.8) is 0 Å². The molecule has 3 nitrogen and oxygen atoms in total. The average Bonchev–Trinajstić information content (AvgIpc) is 2.48. The van der Waals surface area contributed by atoms with Gasteiger partial charge in [-0.3, -0.25) is 4.79 Å². The number of methoxy groups -OCH3 is 1. The Kier molecular flexibility index (Phi) is 5.74. The summed E-state index contributed by atoms with van der Waals surface area (Å²) in [6.45, 7) is 0. The number of nitrogens with one attached hydrogen (secondary N) is 1. The first kappa shape index (κ1) is 16.7. The normalized spacial score (nSPS) is 10.7. The van der Waals surface area contributed by atoms with Crippen LogP contribution in [0.3, 0.4) is 0 Å². The summed E-state index contributed by atoms with van der Waals surface area (Å²) in [4.78, 5) is 11.9. The molecule has 0 aliphatic rings. The molecule has 22 heavy (non-hydrogen) atoms. The molecule has 0 unspecified atom stereocenters. The third kappa shape index (κ3) is 4.42. The van der Waals surface area contributed by atoms with Gasteiger partial charge in [-0.25, -0.2) is 4.39 Å². The van der Waals surface area contributed by atoms with Crippen LogP contribution in [0.1, 0.15) is 5.56 Å². The molecule has 0 saturated heterocycles. The van der Waals surface area contributed by atoms with Crippen LogP contribution >= 0.6 is 31.9 Å². The Hall–Kier alpha value is -1.66. The van der Waals surface area contributed by atoms with Crippen molar-refractivity contribution in [3.05, 3.63) is 62.8 Å². The van der Waals surface area contributed by atoms with Crippen molar-refractivity contribution in [1.82, 2.24) is 0 Å². The van der Waals surface area contributed by atoms with E-state index in [1.54, 1.807) is 12.1 Å². The SMILES string of the molecule is COc1ccc(/C=C/C(=O)Nc2ccc(Br)cc2Br)cc1F. The predicted octanol–water partition coefficient (Wildman–Crippen LogP) is 5.01. The van der Waals surface area contributed by atoms with E-state index in [9.17, 15) is 9.18 Å². The number of hydrogen-bond donors (Lipinski definition) is 1. The van der Waals surface area contributed by atoms with E-state index in [2.05, 4.69) is 37.2 Å². The summed E-state index contributed by atoms with van der Waals surface area (Å²) < 4.78 is 20.0. The van der Waals surface area contributed by atoms with Gasteiger partial charge in [-0.1, -0.05) is 22.0 Å². The largest absolute Gasteiger partial charge is 0.494 e. The van der Waals surface area contributed by atoms with Crippen LogP contribution in [-0.2, 0) is 4.79 Å². The summed E-state index contributed by atoms with van der Waals surface area (Å²) in [6, 6.07) is 9.91. The molecule has 0 fully saturated rings. The summed E-state index contributed by atoms with van der Waals surface area (Å²) in [5, 5.41) is 2.73. The van der Waals surface area contributed by atoms with Crippen LogP contribution in [0.5, 0.6) is 5.75 Å². The molecule has 0 saturated carbocycles. The minimum atomic E-state index is -0.472. The number of carbonyl (C=O) groups is 1. The zero-order valence-electron chi connectivity index (χ0n) is 11.6. The third-order valence-corrected chi connectivity index (χ3v) is 3.94. The molecule has 114 valence electrons. The second kappa shape index (κ2) is 7.56. The van der Waals surface area contributed by atoms with Crippen molar-refractivity contribution in [2.45, 2.75) is 0 Å². The molecule has 6 heteroatoms. The maximum atomic E-state index is 13.5. The number of carbonyl (C=O) groups excluding carboxylic acids is 1. The number of amides is 1. The first-order chi connectivity index (χ1) is 10.5. The number of rotatable bonds is 4. The van der Waals surface area contributed by atoms with Gasteiger partial charge in [0.1, 0.15) is 0 Å². The van der Waals surface area contributed by atoms with Crippen LogP contribution in [0.4, 0.5) is 10.1 Å². The zero-order valence-corrected chi connectivity index (χ0v) is 14.7. The quantitative estimate of drug-likeness (QED) is 0.695. The molecule has 0 bridgehead atoms. The van der Waals surface area contributed by atoms with Crippen molar-refractivity contribution in [1.29, 1.82) is 0 Å². The standard InChI is InChI=1S/C16H12Br2FNO2/c1-22-15-6-2-10(8-13(15)19)3-7-16(21)20-14-5-4-11(17)9-12(14)18/h2-9H,1H3,(H,20,21)/b7-3+. The average molecular weight is 429 g/mol. The van der Waals surface area contributed by atoms with Crippen LogP contribution in [0, 0.1) is 5.82 Å². The van der Waals surface area contributed by atoms with Gasteiger partial charge in [0, 0.05) is 15.0 Å². The maximum absolute atomic E-state index is 13.5. The molecule has 0 atom stereocenters. The van der Waals surface area contributed by atoms with E-state index >= 15 is 0 Å². The fourth-order valence-electron chi connectivity index (χ4n) is 1.72. The monoisotopic (exact) mass is 427 g/mol. The lowest BCUT2D eigenvalue weighted by Crippen LogP contribution is -2.08. The smallest absolute Gasteiger partial charge is 0.248 e. The molecule has 0 aliphatic carbocycles. The third-order valence-electron chi connectivity index (χ3n) is 2.79. The summed E-state index contributed by atoms with van der Waals surface area (Å²) in [5.41, 5.74) is 1.22. The van der Waals surface area contributed by atoms with Crippen molar-refractivity contribution in [3.8, 4) is 5.75 Å². The highest BCUT2D eigenvalue weighted by Crippen LogP contribution is 2.26. The van der Waals surface area contributed by atoms with Crippen molar-refractivity contribution in [2.24, 2.45) is 0 Å². The molecule has 2 aromatic rings. The minimum absolute atomic E-state index is 0.167. The Morgan fingerprint density at radius 2 is 2.00 bits per heavy atom. The number of halogens is 3. The molecule has 2 aromatic carbocycles. The maximum Gasteiger partial charge on any atom is 0.248 e. The number of benzene rings is 2. The Balaban J connectivity index is 2.06. The van der Waals surface area contributed by atoms with Crippen molar-refractivity contribution >= 4 is 49.5 Å². The Morgan fingerprint density at radius 3 is 2.64 bits per heavy atom. The molecule has 0 aromatic heterocycles. The van der Waals surface area contributed by atoms with E-state index < -0.39 is 5.82 Å². The van der Waals surface area contributed by atoms with E-state index in [-0.39, 0.29) is 11.7 Å². The minimum Gasteiger partial charge on any atom is -0.494 e. The lowest BCUT2D eigenvalue weighted by Gasteiger charge is -2.05. The van der Waals surface area contributed by atoms with Crippen LogP contribution in [0.2, 0.25) is 0 Å². The Bertz CT molecular complexity index is 732. The van der Waals surface area contributed by atoms with E-state index in [1.165, 1.54) is 31.4 Å². The van der Waals surface area contributed by atoms with Crippen LogP contribution in [0.25, 0.3) is 6.08 Å². The fourth-order valence-corrected chi connectivity index (χ4v) is 2.87.